The highest BCUT2D eigenvalue weighted by Crippen LogP contribution is 2.31. The molecule has 0 fully saturated rings. The van der Waals surface area contributed by atoms with Crippen molar-refractivity contribution >= 4 is 5.69 Å². The van der Waals surface area contributed by atoms with E-state index in [0.29, 0.717) is 5.69 Å². The van der Waals surface area contributed by atoms with Crippen LogP contribution in [-0.2, 0) is 6.54 Å². The monoisotopic (exact) mass is 247 g/mol. The molecule has 0 spiro atoms. The zero-order valence-corrected chi connectivity index (χ0v) is 11.0. The van der Waals surface area contributed by atoms with Gasteiger partial charge in [-0.2, -0.15) is 5.10 Å². The zero-order valence-electron chi connectivity index (χ0n) is 11.0. The lowest BCUT2D eigenvalue weighted by Crippen LogP contribution is -2.01. The van der Waals surface area contributed by atoms with E-state index in [9.17, 15) is 4.39 Å². The second-order valence-corrected chi connectivity index (χ2v) is 4.50. The maximum Gasteiger partial charge on any atom is 0.125 e. The largest absolute Gasteiger partial charge is 0.398 e. The molecule has 0 amide bonds. The fraction of sp³-hybridized carbons (Fsp3) is 0.357. The number of halogens is 1. The van der Waals surface area contributed by atoms with Crippen molar-refractivity contribution in [1.29, 1.82) is 0 Å². The van der Waals surface area contributed by atoms with Gasteiger partial charge in [0, 0.05) is 29.1 Å². The van der Waals surface area contributed by atoms with Gasteiger partial charge in [-0.3, -0.25) is 4.68 Å². The first kappa shape index (κ1) is 12.6. The number of nitrogens with zero attached hydrogens (tertiary/aromatic N) is 2. The Balaban J connectivity index is 2.56. The molecule has 1 aromatic heterocycles. The highest BCUT2D eigenvalue weighted by molar-refractivity contribution is 5.79. The molecule has 0 aliphatic carbocycles. The number of aryl methyl sites for hydroxylation is 2. The lowest BCUT2D eigenvalue weighted by molar-refractivity contribution is 0.583. The van der Waals surface area contributed by atoms with Crippen LogP contribution in [0, 0.1) is 19.7 Å². The molecule has 3 nitrogen and oxygen atoms in total. The van der Waals surface area contributed by atoms with Crippen LogP contribution in [0.5, 0.6) is 0 Å². The fourth-order valence-corrected chi connectivity index (χ4v) is 2.28. The first-order valence-electron chi connectivity index (χ1n) is 6.14. The van der Waals surface area contributed by atoms with Crippen LogP contribution in [0.3, 0.4) is 0 Å². The van der Waals surface area contributed by atoms with E-state index in [-0.39, 0.29) is 5.82 Å². The van der Waals surface area contributed by atoms with Crippen LogP contribution in [0.2, 0.25) is 0 Å². The Kier molecular flexibility index (Phi) is 3.36. The summed E-state index contributed by atoms with van der Waals surface area (Å²) in [4.78, 5) is 0. The zero-order chi connectivity index (χ0) is 13.3. The molecule has 0 unspecified atom stereocenters. The van der Waals surface area contributed by atoms with E-state index in [1.54, 1.807) is 6.07 Å². The van der Waals surface area contributed by atoms with E-state index >= 15 is 0 Å². The second-order valence-electron chi connectivity index (χ2n) is 4.50. The van der Waals surface area contributed by atoms with Crippen LogP contribution in [0.1, 0.15) is 24.7 Å². The van der Waals surface area contributed by atoms with Crippen LogP contribution in [0.15, 0.2) is 18.2 Å². The van der Waals surface area contributed by atoms with Crippen molar-refractivity contribution < 1.29 is 4.39 Å². The molecule has 0 saturated carbocycles. The molecular weight excluding hydrogens is 229 g/mol. The van der Waals surface area contributed by atoms with Gasteiger partial charge in [0.1, 0.15) is 5.82 Å². The van der Waals surface area contributed by atoms with Gasteiger partial charge in [0.25, 0.3) is 0 Å². The minimum Gasteiger partial charge on any atom is -0.398 e. The average Bonchev–Trinajstić information content (AvgIpc) is 2.56. The highest BCUT2D eigenvalue weighted by Gasteiger charge is 2.15. The SMILES string of the molecule is CCCn1nc(C)c(-c2ccc(F)cc2N)c1C. The molecule has 0 aliphatic rings. The normalized spacial score (nSPS) is 10.9. The summed E-state index contributed by atoms with van der Waals surface area (Å²) in [6.07, 6.45) is 1.03. The number of nitrogens with two attached hydrogens (primary N) is 1. The van der Waals surface area contributed by atoms with Crippen LogP contribution >= 0.6 is 0 Å². The van der Waals surface area contributed by atoms with E-state index in [4.69, 9.17) is 5.73 Å². The summed E-state index contributed by atoms with van der Waals surface area (Å²) in [5.41, 5.74) is 10.2. The fourth-order valence-electron chi connectivity index (χ4n) is 2.28. The predicted molar refractivity (Wildman–Crippen MR) is 71.8 cm³/mol. The Hall–Kier alpha value is -1.84. The molecule has 2 aromatic rings. The maximum absolute atomic E-state index is 13.1. The number of hydrogen-bond acceptors (Lipinski definition) is 2. The maximum atomic E-state index is 13.1. The van der Waals surface area contributed by atoms with Crippen molar-refractivity contribution in [3.8, 4) is 11.1 Å². The van der Waals surface area contributed by atoms with Crippen LogP contribution < -0.4 is 5.73 Å². The summed E-state index contributed by atoms with van der Waals surface area (Å²) >= 11 is 0. The third-order valence-electron chi connectivity index (χ3n) is 3.10. The molecule has 18 heavy (non-hydrogen) atoms. The number of rotatable bonds is 3. The van der Waals surface area contributed by atoms with Gasteiger partial charge in [0.15, 0.2) is 0 Å². The first-order chi connectivity index (χ1) is 8.54. The van der Waals surface area contributed by atoms with Crippen molar-refractivity contribution in [2.75, 3.05) is 5.73 Å². The molecule has 2 N–H and O–H groups in total. The summed E-state index contributed by atoms with van der Waals surface area (Å²) in [6, 6.07) is 4.51. The molecular formula is C14H18FN3. The third-order valence-corrected chi connectivity index (χ3v) is 3.10. The standard InChI is InChI=1S/C14H18FN3/c1-4-7-18-10(3)14(9(2)17-18)12-6-5-11(15)8-13(12)16/h5-6,8H,4,7,16H2,1-3H3. The van der Waals surface area contributed by atoms with Gasteiger partial charge in [0.2, 0.25) is 0 Å². The van der Waals surface area contributed by atoms with Crippen molar-refractivity contribution in [3.05, 3.63) is 35.4 Å². The molecule has 0 aliphatic heterocycles. The Labute approximate surface area is 106 Å². The Morgan fingerprint density at radius 2 is 2.06 bits per heavy atom. The van der Waals surface area contributed by atoms with Gasteiger partial charge in [-0.25, -0.2) is 4.39 Å². The molecule has 4 heteroatoms. The summed E-state index contributed by atoms with van der Waals surface area (Å²) < 4.78 is 15.1. The average molecular weight is 247 g/mol. The number of anilines is 1. The molecule has 1 aromatic carbocycles. The predicted octanol–water partition coefficient (Wildman–Crippen LogP) is 3.30. The van der Waals surface area contributed by atoms with E-state index < -0.39 is 0 Å². The number of nitrogen functional groups attached to an aromatic ring is 1. The van der Waals surface area contributed by atoms with Crippen LogP contribution in [-0.4, -0.2) is 9.78 Å². The smallest absolute Gasteiger partial charge is 0.125 e. The van der Waals surface area contributed by atoms with E-state index in [2.05, 4.69) is 12.0 Å². The minimum absolute atomic E-state index is 0.312. The third kappa shape index (κ3) is 2.10. The number of aromatic nitrogens is 2. The molecule has 96 valence electrons. The molecule has 0 atom stereocenters. The summed E-state index contributed by atoms with van der Waals surface area (Å²) in [5, 5.41) is 4.51. The van der Waals surface area contributed by atoms with E-state index in [0.717, 1.165) is 35.5 Å². The first-order valence-corrected chi connectivity index (χ1v) is 6.14. The van der Waals surface area contributed by atoms with Gasteiger partial charge in [0.05, 0.1) is 5.69 Å². The highest BCUT2D eigenvalue weighted by atomic mass is 19.1. The topological polar surface area (TPSA) is 43.8 Å². The Morgan fingerprint density at radius 3 is 2.67 bits per heavy atom. The van der Waals surface area contributed by atoms with Gasteiger partial charge < -0.3 is 5.73 Å². The molecule has 2 rings (SSSR count). The summed E-state index contributed by atoms with van der Waals surface area (Å²) in [7, 11) is 0. The summed E-state index contributed by atoms with van der Waals surface area (Å²) in [6.45, 7) is 6.97. The van der Waals surface area contributed by atoms with Crippen molar-refractivity contribution in [3.63, 3.8) is 0 Å². The van der Waals surface area contributed by atoms with Crippen molar-refractivity contribution in [2.24, 2.45) is 0 Å². The minimum atomic E-state index is -0.312. The number of benzene rings is 1. The molecule has 0 bridgehead atoms. The van der Waals surface area contributed by atoms with Crippen LogP contribution in [0.25, 0.3) is 11.1 Å². The molecule has 1 heterocycles. The second kappa shape index (κ2) is 4.80. The lowest BCUT2D eigenvalue weighted by Gasteiger charge is -2.07. The van der Waals surface area contributed by atoms with E-state index in [1.165, 1.54) is 12.1 Å². The Morgan fingerprint density at radius 1 is 1.33 bits per heavy atom. The van der Waals surface area contributed by atoms with Gasteiger partial charge in [-0.15, -0.1) is 0 Å². The Bertz CT molecular complexity index is 573. The molecule has 0 saturated heterocycles. The van der Waals surface area contributed by atoms with Gasteiger partial charge >= 0.3 is 0 Å². The molecule has 0 radical (unpaired) electrons. The number of hydrogen-bond donors (Lipinski definition) is 1. The van der Waals surface area contributed by atoms with Crippen LogP contribution in [0.4, 0.5) is 10.1 Å². The van der Waals surface area contributed by atoms with Gasteiger partial charge in [-0.1, -0.05) is 6.92 Å². The van der Waals surface area contributed by atoms with E-state index in [1.807, 2.05) is 18.5 Å². The van der Waals surface area contributed by atoms with Crippen molar-refractivity contribution in [2.45, 2.75) is 33.7 Å². The lowest BCUT2D eigenvalue weighted by atomic mass is 10.0. The summed E-state index contributed by atoms with van der Waals surface area (Å²) in [5.74, 6) is -0.312. The van der Waals surface area contributed by atoms with Gasteiger partial charge in [-0.05, 0) is 38.5 Å². The van der Waals surface area contributed by atoms with Crippen molar-refractivity contribution in [1.82, 2.24) is 9.78 Å². The quantitative estimate of drug-likeness (QED) is 0.846.